The molecule has 1 aliphatic rings. The smallest absolute Gasteiger partial charge is 0.322 e. The first-order valence-electron chi connectivity index (χ1n) is 9.43. The summed E-state index contributed by atoms with van der Waals surface area (Å²) in [7, 11) is 0. The van der Waals surface area contributed by atoms with Gasteiger partial charge in [0.1, 0.15) is 11.9 Å². The van der Waals surface area contributed by atoms with Gasteiger partial charge in [0.05, 0.1) is 23.3 Å². The summed E-state index contributed by atoms with van der Waals surface area (Å²) in [6.45, 7) is 3.51. The van der Waals surface area contributed by atoms with Gasteiger partial charge in [-0.05, 0) is 51.0 Å². The Morgan fingerprint density at radius 3 is 2.57 bits per heavy atom. The molecule has 0 aliphatic carbocycles. The van der Waals surface area contributed by atoms with E-state index in [4.69, 9.17) is 11.6 Å². The van der Waals surface area contributed by atoms with Crippen molar-refractivity contribution < 1.29 is 18.0 Å². The normalized spacial score (nSPS) is 15.2. The number of anilines is 1. The number of rotatable bonds is 3. The maximum Gasteiger partial charge on any atom is 0.434 e. The Morgan fingerprint density at radius 2 is 1.93 bits per heavy atom. The van der Waals surface area contributed by atoms with Crippen LogP contribution >= 0.6 is 11.6 Å². The highest BCUT2D eigenvalue weighted by molar-refractivity contribution is 6.30. The molecule has 0 saturated heterocycles. The van der Waals surface area contributed by atoms with Crippen LogP contribution in [0.5, 0.6) is 0 Å². The number of nitrogens with zero attached hydrogens (tertiary/aromatic N) is 5. The third-order valence-electron chi connectivity index (χ3n) is 5.25. The zero-order valence-corrected chi connectivity index (χ0v) is 17.1. The summed E-state index contributed by atoms with van der Waals surface area (Å²) >= 11 is 5.96. The van der Waals surface area contributed by atoms with Crippen LogP contribution in [0.1, 0.15) is 36.6 Å². The maximum atomic E-state index is 13.2. The Morgan fingerprint density at radius 1 is 1.23 bits per heavy atom. The molecule has 0 N–H and O–H groups in total. The van der Waals surface area contributed by atoms with E-state index in [1.165, 1.54) is 11.5 Å². The van der Waals surface area contributed by atoms with Gasteiger partial charge in [0.15, 0.2) is 5.69 Å². The van der Waals surface area contributed by atoms with Crippen molar-refractivity contribution in [3.05, 3.63) is 58.9 Å². The van der Waals surface area contributed by atoms with Gasteiger partial charge in [-0.2, -0.15) is 18.3 Å². The summed E-state index contributed by atoms with van der Waals surface area (Å²) in [6.07, 6.45) is -0.591. The van der Waals surface area contributed by atoms with Crippen molar-refractivity contribution in [2.45, 2.75) is 38.9 Å². The van der Waals surface area contributed by atoms with E-state index in [-0.39, 0.29) is 11.7 Å². The Kier molecular flexibility index (Phi) is 5.09. The van der Waals surface area contributed by atoms with E-state index in [2.05, 4.69) is 10.1 Å². The van der Waals surface area contributed by atoms with E-state index in [0.29, 0.717) is 17.3 Å². The first kappa shape index (κ1) is 20.5. The predicted molar refractivity (Wildman–Crippen MR) is 106 cm³/mol. The number of hydrogen-bond acceptors (Lipinski definition) is 3. The van der Waals surface area contributed by atoms with Gasteiger partial charge in [0.2, 0.25) is 5.91 Å². The molecule has 1 aromatic carbocycles. The molecule has 1 atom stereocenters. The molecule has 0 radical (unpaired) electrons. The number of carbonyl (C=O) groups excluding carboxylic acids is 1. The minimum atomic E-state index is -4.56. The van der Waals surface area contributed by atoms with Gasteiger partial charge in [-0.15, -0.1) is 0 Å². The number of halogens is 4. The molecule has 4 rings (SSSR count). The Labute approximate surface area is 175 Å². The maximum absolute atomic E-state index is 13.2. The van der Waals surface area contributed by atoms with Crippen LogP contribution in [-0.2, 0) is 17.4 Å². The van der Waals surface area contributed by atoms with Crippen LogP contribution in [0.4, 0.5) is 18.9 Å². The quantitative estimate of drug-likeness (QED) is 0.602. The highest BCUT2D eigenvalue weighted by atomic mass is 35.5. The van der Waals surface area contributed by atoms with Crippen LogP contribution in [-0.4, -0.2) is 31.8 Å². The second kappa shape index (κ2) is 7.46. The van der Waals surface area contributed by atoms with Gasteiger partial charge in [-0.3, -0.25) is 4.79 Å². The summed E-state index contributed by atoms with van der Waals surface area (Å²) in [5, 5.41) is 5.04. The third kappa shape index (κ3) is 3.58. The zero-order chi connectivity index (χ0) is 21.6. The van der Waals surface area contributed by atoms with E-state index in [0.717, 1.165) is 30.4 Å². The number of hydrogen-bond donors (Lipinski definition) is 0. The van der Waals surface area contributed by atoms with E-state index < -0.39 is 17.9 Å². The Balaban J connectivity index is 1.64. The standard InChI is InChI=1S/C20H19ClF3N5O/c1-12(28-11-18(20(22,23)24)26-13(28)2)19(30)27-9-3-4-16-17(27)10-25-29(16)15-7-5-14(21)6-8-15/h5-8,10-12H,3-4,9H2,1-2H3/t12-/m0/s1. The van der Waals surface area contributed by atoms with Gasteiger partial charge < -0.3 is 9.47 Å². The van der Waals surface area contributed by atoms with E-state index >= 15 is 0 Å². The van der Waals surface area contributed by atoms with Crippen LogP contribution in [0, 0.1) is 6.92 Å². The second-order valence-corrected chi connectivity index (χ2v) is 7.65. The lowest BCUT2D eigenvalue weighted by Gasteiger charge is -2.30. The van der Waals surface area contributed by atoms with Gasteiger partial charge in [-0.25, -0.2) is 9.67 Å². The summed E-state index contributed by atoms with van der Waals surface area (Å²) < 4.78 is 42.0. The van der Waals surface area contributed by atoms with Crippen molar-refractivity contribution in [2.75, 3.05) is 11.4 Å². The van der Waals surface area contributed by atoms with Crippen molar-refractivity contribution in [3.8, 4) is 5.69 Å². The number of benzene rings is 1. The van der Waals surface area contributed by atoms with E-state index in [9.17, 15) is 18.0 Å². The molecule has 0 bridgehead atoms. The Hall–Kier alpha value is -2.81. The molecular formula is C20H19ClF3N5O. The van der Waals surface area contributed by atoms with Crippen LogP contribution in [0.2, 0.25) is 5.02 Å². The zero-order valence-electron chi connectivity index (χ0n) is 16.3. The second-order valence-electron chi connectivity index (χ2n) is 7.21. The fourth-order valence-electron chi connectivity index (χ4n) is 3.74. The highest BCUT2D eigenvalue weighted by Crippen LogP contribution is 2.33. The van der Waals surface area contributed by atoms with Crippen molar-refractivity contribution in [2.24, 2.45) is 0 Å². The number of fused-ring (bicyclic) bond motifs is 1. The van der Waals surface area contributed by atoms with Gasteiger partial charge in [0, 0.05) is 17.8 Å². The lowest BCUT2D eigenvalue weighted by molar-refractivity contribution is -0.141. The number of aromatic nitrogens is 4. The molecule has 30 heavy (non-hydrogen) atoms. The molecule has 1 amide bonds. The minimum absolute atomic E-state index is 0.136. The lowest BCUT2D eigenvalue weighted by Crippen LogP contribution is -2.39. The number of imidazole rings is 1. The predicted octanol–water partition coefficient (Wildman–Crippen LogP) is 4.59. The van der Waals surface area contributed by atoms with Crippen molar-refractivity contribution in [1.82, 2.24) is 19.3 Å². The summed E-state index contributed by atoms with van der Waals surface area (Å²) in [5.41, 5.74) is 1.36. The SMILES string of the molecule is Cc1nc(C(F)(F)F)cn1[C@@H](C)C(=O)N1CCCc2c1cnn2-c1ccc(Cl)cc1. The van der Waals surface area contributed by atoms with Gasteiger partial charge in [-0.1, -0.05) is 11.6 Å². The molecule has 0 spiro atoms. The number of aryl methyl sites for hydroxylation is 1. The average molecular weight is 438 g/mol. The lowest BCUT2D eigenvalue weighted by atomic mass is 10.1. The number of carbonyl (C=O) groups is 1. The minimum Gasteiger partial charge on any atom is -0.322 e. The van der Waals surface area contributed by atoms with Crippen LogP contribution < -0.4 is 4.90 Å². The van der Waals surface area contributed by atoms with Crippen molar-refractivity contribution in [1.29, 1.82) is 0 Å². The van der Waals surface area contributed by atoms with Crippen LogP contribution in [0.25, 0.3) is 5.69 Å². The largest absolute Gasteiger partial charge is 0.434 e. The summed E-state index contributed by atoms with van der Waals surface area (Å²) in [6, 6.07) is 6.37. The van der Waals surface area contributed by atoms with Crippen LogP contribution in [0.15, 0.2) is 36.7 Å². The molecular weight excluding hydrogens is 419 g/mol. The van der Waals surface area contributed by atoms with Gasteiger partial charge >= 0.3 is 6.18 Å². The molecule has 0 fully saturated rings. The molecule has 3 aromatic rings. The third-order valence-corrected chi connectivity index (χ3v) is 5.50. The Bertz CT molecular complexity index is 1090. The number of amides is 1. The first-order valence-corrected chi connectivity index (χ1v) is 9.81. The summed E-state index contributed by atoms with van der Waals surface area (Å²) in [4.78, 5) is 18.4. The van der Waals surface area contributed by atoms with Crippen molar-refractivity contribution >= 4 is 23.2 Å². The highest BCUT2D eigenvalue weighted by Gasteiger charge is 2.36. The summed E-state index contributed by atoms with van der Waals surface area (Å²) in [5.74, 6) is -0.168. The molecule has 6 nitrogen and oxygen atoms in total. The van der Waals surface area contributed by atoms with Crippen LogP contribution in [0.3, 0.4) is 0 Å². The molecule has 158 valence electrons. The molecule has 0 saturated carbocycles. The topological polar surface area (TPSA) is 56.0 Å². The molecule has 0 unspecified atom stereocenters. The first-order chi connectivity index (χ1) is 14.2. The van der Waals surface area contributed by atoms with E-state index in [1.807, 2.05) is 12.1 Å². The number of alkyl halides is 3. The molecule has 1 aliphatic heterocycles. The fourth-order valence-corrected chi connectivity index (χ4v) is 3.87. The fraction of sp³-hybridized carbons (Fsp3) is 0.350. The molecule has 3 heterocycles. The van der Waals surface area contributed by atoms with Crippen molar-refractivity contribution in [3.63, 3.8) is 0 Å². The van der Waals surface area contributed by atoms with Gasteiger partial charge in [0.25, 0.3) is 0 Å². The van der Waals surface area contributed by atoms with E-state index in [1.54, 1.807) is 34.8 Å². The monoisotopic (exact) mass is 437 g/mol. The molecule has 2 aromatic heterocycles. The molecule has 10 heteroatoms. The average Bonchev–Trinajstić information content (AvgIpc) is 3.31.